The van der Waals surface area contributed by atoms with Gasteiger partial charge in [-0.15, -0.1) is 0 Å². The largest absolute Gasteiger partial charge is 0.507 e. The lowest BCUT2D eigenvalue weighted by molar-refractivity contribution is 0.0942. The van der Waals surface area contributed by atoms with Gasteiger partial charge >= 0.3 is 0 Å². The first-order chi connectivity index (χ1) is 9.11. The summed E-state index contributed by atoms with van der Waals surface area (Å²) in [5.74, 6) is 1.00. The molecule has 1 fully saturated rings. The van der Waals surface area contributed by atoms with Gasteiger partial charge in [-0.1, -0.05) is 38.3 Å². The molecule has 0 radical (unpaired) electrons. The van der Waals surface area contributed by atoms with Crippen LogP contribution in [0.2, 0.25) is 0 Å². The Bertz CT molecular complexity index is 465. The maximum Gasteiger partial charge on any atom is 0.255 e. The summed E-state index contributed by atoms with van der Waals surface area (Å²) >= 11 is 6.79. The molecular weight excluding hydrogens is 374 g/mol. The van der Waals surface area contributed by atoms with E-state index < -0.39 is 0 Å². The lowest BCUT2D eigenvalue weighted by Gasteiger charge is -2.18. The molecule has 0 spiro atoms. The SMILES string of the molecule is O=C(NCC1CCCC1CBr)c1ccc(Br)cc1O. The molecule has 104 valence electrons. The molecule has 2 atom stereocenters. The van der Waals surface area contributed by atoms with Crippen molar-refractivity contribution in [3.8, 4) is 5.75 Å². The third kappa shape index (κ3) is 3.72. The molecule has 0 bridgehead atoms. The second kappa shape index (κ2) is 6.75. The first kappa shape index (κ1) is 14.9. The third-order valence-electron chi connectivity index (χ3n) is 3.74. The Morgan fingerprint density at radius 1 is 1.37 bits per heavy atom. The number of carbonyl (C=O) groups is 1. The van der Waals surface area contributed by atoms with Gasteiger partial charge in [-0.05, 0) is 42.9 Å². The van der Waals surface area contributed by atoms with E-state index >= 15 is 0 Å². The molecule has 19 heavy (non-hydrogen) atoms. The van der Waals surface area contributed by atoms with E-state index in [0.717, 1.165) is 9.80 Å². The Morgan fingerprint density at radius 3 is 2.79 bits per heavy atom. The lowest BCUT2D eigenvalue weighted by atomic mass is 9.98. The van der Waals surface area contributed by atoms with Crippen molar-refractivity contribution in [3.05, 3.63) is 28.2 Å². The number of phenolic OH excluding ortho intramolecular Hbond substituents is 1. The van der Waals surface area contributed by atoms with Crippen molar-refractivity contribution >= 4 is 37.8 Å². The van der Waals surface area contributed by atoms with Crippen molar-refractivity contribution in [2.24, 2.45) is 11.8 Å². The molecule has 1 aliphatic carbocycles. The first-order valence-electron chi connectivity index (χ1n) is 6.44. The number of aromatic hydroxyl groups is 1. The fourth-order valence-electron chi connectivity index (χ4n) is 2.60. The summed E-state index contributed by atoms with van der Waals surface area (Å²) in [6.45, 7) is 0.685. The van der Waals surface area contributed by atoms with Gasteiger partial charge in [-0.2, -0.15) is 0 Å². The number of rotatable bonds is 4. The summed E-state index contributed by atoms with van der Waals surface area (Å²) in [6, 6.07) is 4.92. The Hall–Kier alpha value is -0.550. The van der Waals surface area contributed by atoms with Crippen LogP contribution in [-0.2, 0) is 0 Å². The van der Waals surface area contributed by atoms with Crippen LogP contribution in [0.15, 0.2) is 22.7 Å². The molecule has 1 aliphatic rings. The van der Waals surface area contributed by atoms with Crippen LogP contribution in [0.3, 0.4) is 0 Å². The Morgan fingerprint density at radius 2 is 2.11 bits per heavy atom. The zero-order valence-electron chi connectivity index (χ0n) is 10.5. The molecular formula is C14H17Br2NO2. The molecule has 0 saturated heterocycles. The van der Waals surface area contributed by atoms with Gasteiger partial charge in [-0.25, -0.2) is 0 Å². The fourth-order valence-corrected chi connectivity index (χ4v) is 3.80. The highest BCUT2D eigenvalue weighted by molar-refractivity contribution is 9.10. The van der Waals surface area contributed by atoms with Gasteiger partial charge < -0.3 is 10.4 Å². The van der Waals surface area contributed by atoms with Crippen LogP contribution in [0, 0.1) is 11.8 Å². The lowest BCUT2D eigenvalue weighted by Crippen LogP contribution is -2.31. The predicted molar refractivity (Wildman–Crippen MR) is 82.8 cm³/mol. The van der Waals surface area contributed by atoms with E-state index in [-0.39, 0.29) is 11.7 Å². The summed E-state index contributed by atoms with van der Waals surface area (Å²) in [7, 11) is 0. The predicted octanol–water partition coefficient (Wildman–Crippen LogP) is 3.70. The molecule has 5 heteroatoms. The smallest absolute Gasteiger partial charge is 0.255 e. The van der Waals surface area contributed by atoms with Crippen LogP contribution < -0.4 is 5.32 Å². The van der Waals surface area contributed by atoms with E-state index in [0.29, 0.717) is 23.9 Å². The molecule has 2 N–H and O–H groups in total. The number of alkyl halides is 1. The van der Waals surface area contributed by atoms with Crippen molar-refractivity contribution in [1.82, 2.24) is 5.32 Å². The summed E-state index contributed by atoms with van der Waals surface area (Å²) in [6.07, 6.45) is 3.64. The van der Waals surface area contributed by atoms with Gasteiger partial charge in [0.25, 0.3) is 5.91 Å². The molecule has 1 saturated carbocycles. The van der Waals surface area contributed by atoms with Crippen LogP contribution in [0.1, 0.15) is 29.6 Å². The van der Waals surface area contributed by atoms with Crippen LogP contribution in [-0.4, -0.2) is 22.9 Å². The van der Waals surface area contributed by atoms with Gasteiger partial charge in [0.2, 0.25) is 0 Å². The molecule has 0 aliphatic heterocycles. The number of nitrogens with one attached hydrogen (secondary N) is 1. The molecule has 1 aromatic rings. The van der Waals surface area contributed by atoms with E-state index in [2.05, 4.69) is 37.2 Å². The molecule has 2 unspecified atom stereocenters. The number of amides is 1. The van der Waals surface area contributed by atoms with Crippen molar-refractivity contribution in [3.63, 3.8) is 0 Å². The average molecular weight is 391 g/mol. The minimum absolute atomic E-state index is 0.00957. The summed E-state index contributed by atoms with van der Waals surface area (Å²) in [5, 5.41) is 13.7. The zero-order valence-corrected chi connectivity index (χ0v) is 13.7. The molecule has 0 aromatic heterocycles. The number of hydrogen-bond acceptors (Lipinski definition) is 2. The Kier molecular flexibility index (Phi) is 5.28. The number of phenols is 1. The minimum Gasteiger partial charge on any atom is -0.507 e. The van der Waals surface area contributed by atoms with E-state index in [1.165, 1.54) is 25.3 Å². The van der Waals surface area contributed by atoms with E-state index in [9.17, 15) is 9.90 Å². The molecule has 1 aromatic carbocycles. The Balaban J connectivity index is 1.94. The zero-order chi connectivity index (χ0) is 13.8. The topological polar surface area (TPSA) is 49.3 Å². The van der Waals surface area contributed by atoms with Gasteiger partial charge in [-0.3, -0.25) is 4.79 Å². The second-order valence-electron chi connectivity index (χ2n) is 4.98. The van der Waals surface area contributed by atoms with Crippen LogP contribution in [0.25, 0.3) is 0 Å². The number of benzene rings is 1. The number of halogens is 2. The Labute approximate surface area is 130 Å². The first-order valence-corrected chi connectivity index (χ1v) is 8.36. The maximum atomic E-state index is 12.0. The van der Waals surface area contributed by atoms with Crippen LogP contribution >= 0.6 is 31.9 Å². The summed E-state index contributed by atoms with van der Waals surface area (Å²) in [5.41, 5.74) is 0.330. The highest BCUT2D eigenvalue weighted by atomic mass is 79.9. The van der Waals surface area contributed by atoms with Crippen molar-refractivity contribution in [2.45, 2.75) is 19.3 Å². The monoisotopic (exact) mass is 389 g/mol. The highest BCUT2D eigenvalue weighted by Gasteiger charge is 2.26. The number of hydrogen-bond donors (Lipinski definition) is 2. The summed E-state index contributed by atoms with van der Waals surface area (Å²) in [4.78, 5) is 12.0. The number of carbonyl (C=O) groups excluding carboxylic acids is 1. The quantitative estimate of drug-likeness (QED) is 0.770. The molecule has 2 rings (SSSR count). The van der Waals surface area contributed by atoms with E-state index in [1.807, 2.05) is 0 Å². The van der Waals surface area contributed by atoms with E-state index in [4.69, 9.17) is 0 Å². The molecule has 3 nitrogen and oxygen atoms in total. The third-order valence-corrected chi connectivity index (χ3v) is 5.07. The van der Waals surface area contributed by atoms with Gasteiger partial charge in [0.05, 0.1) is 5.56 Å². The van der Waals surface area contributed by atoms with Gasteiger partial charge in [0.1, 0.15) is 5.75 Å². The average Bonchev–Trinajstić information content (AvgIpc) is 2.83. The normalized spacial score (nSPS) is 22.4. The second-order valence-corrected chi connectivity index (χ2v) is 6.54. The minimum atomic E-state index is -0.203. The van der Waals surface area contributed by atoms with Gasteiger partial charge in [0.15, 0.2) is 0 Å². The van der Waals surface area contributed by atoms with Crippen LogP contribution in [0.4, 0.5) is 0 Å². The van der Waals surface area contributed by atoms with Gasteiger partial charge in [0, 0.05) is 16.3 Å². The van der Waals surface area contributed by atoms with Crippen molar-refractivity contribution < 1.29 is 9.90 Å². The van der Waals surface area contributed by atoms with Crippen LogP contribution in [0.5, 0.6) is 5.75 Å². The van der Waals surface area contributed by atoms with Crippen molar-refractivity contribution in [1.29, 1.82) is 0 Å². The molecule has 1 amide bonds. The standard InChI is InChI=1S/C14H17Br2NO2/c15-7-9-2-1-3-10(9)8-17-14(19)12-5-4-11(16)6-13(12)18/h4-6,9-10,18H,1-3,7-8H2,(H,17,19). The van der Waals surface area contributed by atoms with E-state index in [1.54, 1.807) is 12.1 Å². The van der Waals surface area contributed by atoms with Crippen molar-refractivity contribution in [2.75, 3.05) is 11.9 Å². The highest BCUT2D eigenvalue weighted by Crippen LogP contribution is 2.32. The maximum absolute atomic E-state index is 12.0. The summed E-state index contributed by atoms with van der Waals surface area (Å²) < 4.78 is 0.761. The molecule has 0 heterocycles. The fraction of sp³-hybridized carbons (Fsp3) is 0.500.